The number of amides is 1. The van der Waals surface area contributed by atoms with Gasteiger partial charge in [0.25, 0.3) is 5.91 Å². The van der Waals surface area contributed by atoms with Crippen molar-refractivity contribution >= 4 is 51.8 Å². The number of carboxylic acids is 1. The summed E-state index contributed by atoms with van der Waals surface area (Å²) in [4.78, 5) is 23.3. The number of carbonyl (C=O) groups is 2. The molecule has 0 aliphatic heterocycles. The molecule has 102 valence electrons. The van der Waals surface area contributed by atoms with Crippen molar-refractivity contribution in [3.63, 3.8) is 0 Å². The molecular weight excluding hydrogens is 393 g/mol. The fourth-order valence-electron chi connectivity index (χ4n) is 1.64. The predicted octanol–water partition coefficient (Wildman–Crippen LogP) is 3.90. The number of halogens is 2. The highest BCUT2D eigenvalue weighted by Crippen LogP contribution is 2.26. The number of anilines is 1. The van der Waals surface area contributed by atoms with Crippen molar-refractivity contribution in [2.24, 2.45) is 0 Å². The Kier molecular flexibility index (Phi) is 4.61. The average molecular weight is 402 g/mol. The number of carbonyl (C=O) groups excluding carboxylic acids is 1. The molecule has 2 aromatic carbocycles. The molecule has 0 saturated carbocycles. The third kappa shape index (κ3) is 3.29. The quantitative estimate of drug-likeness (QED) is 0.767. The number of aromatic carboxylic acids is 1. The molecular formula is C14H9ClINO3. The number of rotatable bonds is 3. The molecule has 0 aliphatic carbocycles. The SMILES string of the molecule is O=C(Nc1c(Cl)cccc1C(=O)O)c1cccc(I)c1. The Hall–Kier alpha value is -1.60. The number of benzene rings is 2. The van der Waals surface area contributed by atoms with Crippen LogP contribution in [0.1, 0.15) is 20.7 Å². The normalized spacial score (nSPS) is 10.1. The lowest BCUT2D eigenvalue weighted by molar-refractivity contribution is 0.0698. The lowest BCUT2D eigenvalue weighted by atomic mass is 10.1. The number of hydrogen-bond donors (Lipinski definition) is 2. The Bertz CT molecular complexity index is 688. The van der Waals surface area contributed by atoms with Crippen LogP contribution in [0.3, 0.4) is 0 Å². The minimum Gasteiger partial charge on any atom is -0.478 e. The second-order valence-electron chi connectivity index (χ2n) is 3.93. The van der Waals surface area contributed by atoms with E-state index in [2.05, 4.69) is 27.9 Å². The number of hydrogen-bond acceptors (Lipinski definition) is 2. The lowest BCUT2D eigenvalue weighted by Gasteiger charge is -2.10. The fourth-order valence-corrected chi connectivity index (χ4v) is 2.41. The molecule has 0 fully saturated rings. The molecule has 0 aliphatic rings. The number of para-hydroxylation sites is 1. The van der Waals surface area contributed by atoms with E-state index < -0.39 is 11.9 Å². The van der Waals surface area contributed by atoms with E-state index in [-0.39, 0.29) is 16.3 Å². The van der Waals surface area contributed by atoms with Crippen molar-refractivity contribution in [2.45, 2.75) is 0 Å². The summed E-state index contributed by atoms with van der Waals surface area (Å²) in [6, 6.07) is 11.4. The topological polar surface area (TPSA) is 66.4 Å². The van der Waals surface area contributed by atoms with E-state index in [4.69, 9.17) is 16.7 Å². The highest BCUT2D eigenvalue weighted by atomic mass is 127. The van der Waals surface area contributed by atoms with E-state index in [0.29, 0.717) is 5.56 Å². The first-order valence-electron chi connectivity index (χ1n) is 5.58. The first-order chi connectivity index (χ1) is 9.49. The van der Waals surface area contributed by atoms with E-state index in [1.165, 1.54) is 18.2 Å². The molecule has 0 atom stereocenters. The molecule has 6 heteroatoms. The van der Waals surface area contributed by atoms with Crippen molar-refractivity contribution in [1.29, 1.82) is 0 Å². The number of carboxylic acid groups (broad SMARTS) is 1. The number of nitrogens with one attached hydrogen (secondary N) is 1. The van der Waals surface area contributed by atoms with Gasteiger partial charge in [0, 0.05) is 9.13 Å². The lowest BCUT2D eigenvalue weighted by Crippen LogP contribution is -2.15. The maximum Gasteiger partial charge on any atom is 0.337 e. The van der Waals surface area contributed by atoms with Crippen LogP contribution in [-0.4, -0.2) is 17.0 Å². The highest BCUT2D eigenvalue weighted by Gasteiger charge is 2.16. The van der Waals surface area contributed by atoms with Gasteiger partial charge in [-0.05, 0) is 52.9 Å². The van der Waals surface area contributed by atoms with Crippen LogP contribution in [0.15, 0.2) is 42.5 Å². The molecule has 1 amide bonds. The Labute approximate surface area is 133 Å². The van der Waals surface area contributed by atoms with Gasteiger partial charge < -0.3 is 10.4 Å². The van der Waals surface area contributed by atoms with E-state index in [0.717, 1.165) is 3.57 Å². The predicted molar refractivity (Wildman–Crippen MR) is 85.5 cm³/mol. The third-order valence-corrected chi connectivity index (χ3v) is 3.56. The monoisotopic (exact) mass is 401 g/mol. The van der Waals surface area contributed by atoms with Gasteiger partial charge in [0.05, 0.1) is 16.3 Å². The standard InChI is InChI=1S/C14H9ClINO3/c15-11-6-2-5-10(14(19)20)12(11)17-13(18)8-3-1-4-9(16)7-8/h1-7H,(H,17,18)(H,19,20). The molecule has 2 rings (SSSR count). The molecule has 0 unspecified atom stereocenters. The van der Waals surface area contributed by atoms with Crippen LogP contribution in [0, 0.1) is 3.57 Å². The summed E-state index contributed by atoms with van der Waals surface area (Å²) in [6.07, 6.45) is 0. The van der Waals surface area contributed by atoms with Gasteiger partial charge in [-0.2, -0.15) is 0 Å². The first kappa shape index (κ1) is 14.8. The second kappa shape index (κ2) is 6.23. The minimum absolute atomic E-state index is 0.0449. The van der Waals surface area contributed by atoms with Crippen molar-refractivity contribution in [3.8, 4) is 0 Å². The van der Waals surface area contributed by atoms with Gasteiger partial charge in [0.1, 0.15) is 0 Å². The summed E-state index contributed by atoms with van der Waals surface area (Å²) in [7, 11) is 0. The second-order valence-corrected chi connectivity index (χ2v) is 5.58. The maximum absolute atomic E-state index is 12.1. The Morgan fingerprint density at radius 3 is 2.50 bits per heavy atom. The van der Waals surface area contributed by atoms with Crippen molar-refractivity contribution in [1.82, 2.24) is 0 Å². The first-order valence-corrected chi connectivity index (χ1v) is 7.03. The molecule has 2 aromatic rings. The van der Waals surface area contributed by atoms with Gasteiger partial charge in [-0.3, -0.25) is 4.79 Å². The summed E-state index contributed by atoms with van der Waals surface area (Å²) in [5.74, 6) is -1.55. The summed E-state index contributed by atoms with van der Waals surface area (Å²) in [5, 5.41) is 11.8. The molecule has 0 saturated heterocycles. The van der Waals surface area contributed by atoms with Gasteiger partial charge in [0.15, 0.2) is 0 Å². The van der Waals surface area contributed by atoms with Crippen LogP contribution in [0.2, 0.25) is 5.02 Å². The summed E-state index contributed by atoms with van der Waals surface area (Å²) >= 11 is 8.05. The zero-order valence-electron chi connectivity index (χ0n) is 10.1. The molecule has 4 nitrogen and oxygen atoms in total. The van der Waals surface area contributed by atoms with E-state index >= 15 is 0 Å². The maximum atomic E-state index is 12.1. The van der Waals surface area contributed by atoms with Gasteiger partial charge in [-0.25, -0.2) is 4.79 Å². The van der Waals surface area contributed by atoms with Crippen LogP contribution in [0.5, 0.6) is 0 Å². The van der Waals surface area contributed by atoms with Gasteiger partial charge >= 0.3 is 5.97 Å². The summed E-state index contributed by atoms with van der Waals surface area (Å²) in [6.45, 7) is 0. The third-order valence-electron chi connectivity index (χ3n) is 2.57. The average Bonchev–Trinajstić information content (AvgIpc) is 2.40. The molecule has 20 heavy (non-hydrogen) atoms. The van der Waals surface area contributed by atoms with Crippen LogP contribution in [0.25, 0.3) is 0 Å². The molecule has 0 heterocycles. The Morgan fingerprint density at radius 1 is 1.15 bits per heavy atom. The highest BCUT2D eigenvalue weighted by molar-refractivity contribution is 14.1. The van der Waals surface area contributed by atoms with Crippen molar-refractivity contribution in [2.75, 3.05) is 5.32 Å². The summed E-state index contributed by atoms with van der Waals surface area (Å²) in [5.41, 5.74) is 0.496. The smallest absolute Gasteiger partial charge is 0.337 e. The van der Waals surface area contributed by atoms with E-state index in [1.807, 2.05) is 6.07 Å². The molecule has 0 bridgehead atoms. The van der Waals surface area contributed by atoms with Crippen molar-refractivity contribution < 1.29 is 14.7 Å². The van der Waals surface area contributed by atoms with Crippen LogP contribution in [-0.2, 0) is 0 Å². The van der Waals surface area contributed by atoms with Crippen LogP contribution in [0.4, 0.5) is 5.69 Å². The fraction of sp³-hybridized carbons (Fsp3) is 0. The van der Waals surface area contributed by atoms with Gasteiger partial charge in [0.2, 0.25) is 0 Å². The molecule has 0 radical (unpaired) electrons. The molecule has 0 aromatic heterocycles. The van der Waals surface area contributed by atoms with Crippen LogP contribution < -0.4 is 5.32 Å². The zero-order chi connectivity index (χ0) is 14.7. The van der Waals surface area contributed by atoms with Crippen LogP contribution >= 0.6 is 34.2 Å². The summed E-state index contributed by atoms with van der Waals surface area (Å²) < 4.78 is 0.910. The molecule has 0 spiro atoms. The van der Waals surface area contributed by atoms with Gasteiger partial charge in [-0.15, -0.1) is 0 Å². The zero-order valence-corrected chi connectivity index (χ0v) is 13.0. The Morgan fingerprint density at radius 2 is 1.85 bits per heavy atom. The van der Waals surface area contributed by atoms with E-state index in [9.17, 15) is 9.59 Å². The van der Waals surface area contributed by atoms with E-state index in [1.54, 1.807) is 18.2 Å². The Balaban J connectivity index is 2.35. The molecule has 2 N–H and O–H groups in total. The minimum atomic E-state index is -1.15. The van der Waals surface area contributed by atoms with Crippen molar-refractivity contribution in [3.05, 3.63) is 62.2 Å². The van der Waals surface area contributed by atoms with Gasteiger partial charge in [-0.1, -0.05) is 23.7 Å². The largest absolute Gasteiger partial charge is 0.478 e.